The van der Waals surface area contributed by atoms with Crippen molar-refractivity contribution in [2.24, 2.45) is 0 Å². The molecule has 0 saturated heterocycles. The highest BCUT2D eigenvalue weighted by atomic mass is 19.2. The largest absolute Gasteiger partial charge is 0.505 e. The summed E-state index contributed by atoms with van der Waals surface area (Å²) in [5, 5.41) is 20.7. The van der Waals surface area contributed by atoms with Crippen LogP contribution in [0.25, 0.3) is 11.3 Å². The number of halogens is 3. The lowest BCUT2D eigenvalue weighted by molar-refractivity contribution is 0.0652. The Morgan fingerprint density at radius 3 is 2.44 bits per heavy atom. The Hall–Kier alpha value is -2.51. The highest BCUT2D eigenvalue weighted by Gasteiger charge is 2.24. The first-order valence-electron chi connectivity index (χ1n) is 4.48. The number of aromatic hydroxyl groups is 1. The summed E-state index contributed by atoms with van der Waals surface area (Å²) in [5.74, 6) is -7.86. The van der Waals surface area contributed by atoms with Gasteiger partial charge in [0.1, 0.15) is 5.69 Å². The van der Waals surface area contributed by atoms with E-state index in [1.165, 1.54) is 0 Å². The third-order valence-electron chi connectivity index (χ3n) is 2.11. The van der Waals surface area contributed by atoms with Gasteiger partial charge in [-0.1, -0.05) is 5.16 Å². The molecular weight excluding hydrogens is 255 g/mol. The van der Waals surface area contributed by atoms with Crippen molar-refractivity contribution in [3.8, 4) is 17.0 Å². The van der Waals surface area contributed by atoms with Gasteiger partial charge in [0.2, 0.25) is 5.76 Å². The molecule has 0 spiro atoms. The molecule has 1 aromatic carbocycles. The highest BCUT2D eigenvalue weighted by Crippen LogP contribution is 2.32. The number of rotatable bonds is 2. The van der Waals surface area contributed by atoms with Crippen LogP contribution in [0.15, 0.2) is 16.7 Å². The summed E-state index contributed by atoms with van der Waals surface area (Å²) in [5.41, 5.74) is -1.57. The summed E-state index contributed by atoms with van der Waals surface area (Å²) >= 11 is 0. The fraction of sp³-hybridized carbons (Fsp3) is 0. The lowest BCUT2D eigenvalue weighted by Crippen LogP contribution is -1.95. The van der Waals surface area contributed by atoms with Gasteiger partial charge in [-0.25, -0.2) is 18.0 Å². The predicted molar refractivity (Wildman–Crippen MR) is 50.4 cm³/mol. The third-order valence-corrected chi connectivity index (χ3v) is 2.11. The molecule has 0 atom stereocenters. The molecule has 0 fully saturated rings. The quantitative estimate of drug-likeness (QED) is 0.807. The van der Waals surface area contributed by atoms with Crippen molar-refractivity contribution in [2.75, 3.05) is 0 Å². The van der Waals surface area contributed by atoms with Gasteiger partial charge in [-0.2, -0.15) is 0 Å². The van der Waals surface area contributed by atoms with E-state index in [0.717, 1.165) is 0 Å². The molecule has 8 heteroatoms. The number of aromatic carboxylic acids is 1. The zero-order chi connectivity index (χ0) is 13.4. The van der Waals surface area contributed by atoms with Crippen LogP contribution >= 0.6 is 0 Å². The number of nitrogens with zero attached hydrogens (tertiary/aromatic N) is 1. The molecule has 1 heterocycles. The second-order valence-corrected chi connectivity index (χ2v) is 3.26. The first-order chi connectivity index (χ1) is 8.41. The molecule has 18 heavy (non-hydrogen) atoms. The molecule has 0 amide bonds. The maximum atomic E-state index is 13.5. The SMILES string of the molecule is O=C(O)c1cc(-c2c(F)c(O)cc(F)c2F)no1. The molecule has 2 rings (SSSR count). The molecule has 2 N–H and O–H groups in total. The van der Waals surface area contributed by atoms with E-state index in [9.17, 15) is 18.0 Å². The second kappa shape index (κ2) is 4.06. The normalized spacial score (nSPS) is 10.6. The first kappa shape index (κ1) is 12.0. The van der Waals surface area contributed by atoms with Crippen molar-refractivity contribution in [3.05, 3.63) is 35.3 Å². The lowest BCUT2D eigenvalue weighted by atomic mass is 10.1. The fourth-order valence-corrected chi connectivity index (χ4v) is 1.31. The van der Waals surface area contributed by atoms with Crippen LogP contribution < -0.4 is 0 Å². The molecule has 0 aliphatic carbocycles. The summed E-state index contributed by atoms with van der Waals surface area (Å²) < 4.78 is 44.1. The molecule has 0 aliphatic rings. The summed E-state index contributed by atoms with van der Waals surface area (Å²) in [6, 6.07) is 0.967. The molecule has 0 saturated carbocycles. The van der Waals surface area contributed by atoms with Crippen molar-refractivity contribution >= 4 is 5.97 Å². The number of carboxylic acid groups (broad SMARTS) is 1. The van der Waals surface area contributed by atoms with Crippen LogP contribution in [0, 0.1) is 17.5 Å². The minimum absolute atomic E-state index is 0.256. The van der Waals surface area contributed by atoms with Crippen molar-refractivity contribution in [3.63, 3.8) is 0 Å². The van der Waals surface area contributed by atoms with Crippen LogP contribution in [0.1, 0.15) is 10.6 Å². The number of carbonyl (C=O) groups is 1. The van der Waals surface area contributed by atoms with E-state index in [4.69, 9.17) is 10.2 Å². The molecular formula is C10H4F3NO4. The van der Waals surface area contributed by atoms with Gasteiger partial charge in [0.25, 0.3) is 0 Å². The van der Waals surface area contributed by atoms with E-state index in [1.807, 2.05) is 0 Å². The standard InChI is InChI=1S/C10H4F3NO4/c11-3-1-5(15)9(13)7(8(3)12)4-2-6(10(16)17)18-14-4/h1-2,15H,(H,16,17). The summed E-state index contributed by atoms with van der Waals surface area (Å²) in [4.78, 5) is 10.5. The molecule has 0 bridgehead atoms. The van der Waals surface area contributed by atoms with Crippen LogP contribution in [0.2, 0.25) is 0 Å². The van der Waals surface area contributed by atoms with Gasteiger partial charge in [0, 0.05) is 12.1 Å². The Labute approximate surface area is 97.1 Å². The summed E-state index contributed by atoms with van der Waals surface area (Å²) in [7, 11) is 0. The van der Waals surface area contributed by atoms with Crippen LogP contribution in [0.4, 0.5) is 13.2 Å². The van der Waals surface area contributed by atoms with Gasteiger partial charge in [-0.05, 0) is 0 Å². The summed E-state index contributed by atoms with van der Waals surface area (Å²) in [6.45, 7) is 0. The number of hydrogen-bond donors (Lipinski definition) is 2. The van der Waals surface area contributed by atoms with Gasteiger partial charge in [-0.15, -0.1) is 0 Å². The van der Waals surface area contributed by atoms with Crippen LogP contribution in [-0.4, -0.2) is 21.3 Å². The maximum absolute atomic E-state index is 13.5. The minimum Gasteiger partial charge on any atom is -0.505 e. The average Bonchev–Trinajstić information content (AvgIpc) is 2.76. The zero-order valence-electron chi connectivity index (χ0n) is 8.45. The van der Waals surface area contributed by atoms with Crippen LogP contribution in [-0.2, 0) is 0 Å². The van der Waals surface area contributed by atoms with E-state index in [1.54, 1.807) is 0 Å². The van der Waals surface area contributed by atoms with Crippen molar-refractivity contribution in [1.82, 2.24) is 5.16 Å². The Morgan fingerprint density at radius 2 is 1.89 bits per heavy atom. The van der Waals surface area contributed by atoms with Crippen LogP contribution in [0.5, 0.6) is 5.75 Å². The van der Waals surface area contributed by atoms with Gasteiger partial charge >= 0.3 is 5.97 Å². The number of hydrogen-bond acceptors (Lipinski definition) is 4. The number of aromatic nitrogens is 1. The van der Waals surface area contributed by atoms with Crippen LogP contribution in [0.3, 0.4) is 0 Å². The Bertz CT molecular complexity index is 612. The fourth-order valence-electron chi connectivity index (χ4n) is 1.31. The summed E-state index contributed by atoms with van der Waals surface area (Å²) in [6.07, 6.45) is 0. The van der Waals surface area contributed by atoms with Crippen molar-refractivity contribution in [1.29, 1.82) is 0 Å². The van der Waals surface area contributed by atoms with Gasteiger partial charge < -0.3 is 14.7 Å². The molecule has 2 aromatic rings. The highest BCUT2D eigenvalue weighted by molar-refractivity contribution is 5.85. The molecule has 1 aromatic heterocycles. The van der Waals surface area contributed by atoms with E-state index in [0.29, 0.717) is 6.07 Å². The molecule has 0 unspecified atom stereocenters. The monoisotopic (exact) mass is 259 g/mol. The van der Waals surface area contributed by atoms with E-state index >= 15 is 0 Å². The molecule has 5 nitrogen and oxygen atoms in total. The van der Waals surface area contributed by atoms with Crippen molar-refractivity contribution in [2.45, 2.75) is 0 Å². The first-order valence-corrected chi connectivity index (χ1v) is 4.48. The van der Waals surface area contributed by atoms with E-state index in [2.05, 4.69) is 9.68 Å². The van der Waals surface area contributed by atoms with Crippen molar-refractivity contribution < 1.29 is 32.7 Å². The minimum atomic E-state index is -1.60. The number of benzene rings is 1. The zero-order valence-corrected chi connectivity index (χ0v) is 8.45. The predicted octanol–water partition coefficient (Wildman–Crippen LogP) is 2.16. The van der Waals surface area contributed by atoms with Gasteiger partial charge in [0.15, 0.2) is 23.2 Å². The average molecular weight is 259 g/mol. The number of phenolic OH excluding ortho intramolecular Hbond substituents is 1. The van der Waals surface area contributed by atoms with E-state index < -0.39 is 46.2 Å². The maximum Gasteiger partial charge on any atom is 0.374 e. The molecule has 94 valence electrons. The second-order valence-electron chi connectivity index (χ2n) is 3.26. The topological polar surface area (TPSA) is 83.6 Å². The smallest absolute Gasteiger partial charge is 0.374 e. The lowest BCUT2D eigenvalue weighted by Gasteiger charge is -2.03. The Morgan fingerprint density at radius 1 is 1.22 bits per heavy atom. The number of phenols is 1. The van der Waals surface area contributed by atoms with E-state index in [-0.39, 0.29) is 6.07 Å². The van der Waals surface area contributed by atoms with Gasteiger partial charge in [0.05, 0.1) is 5.56 Å². The molecule has 0 radical (unpaired) electrons. The number of carboxylic acids is 1. The Kier molecular flexibility index (Phi) is 2.70. The molecule has 0 aliphatic heterocycles. The van der Waals surface area contributed by atoms with Gasteiger partial charge in [-0.3, -0.25) is 0 Å². The third kappa shape index (κ3) is 1.77. The Balaban J connectivity index is 2.66.